The molecule has 2 aliphatic heterocycles. The van der Waals surface area contributed by atoms with Crippen molar-refractivity contribution in [2.24, 2.45) is 5.92 Å². The summed E-state index contributed by atoms with van der Waals surface area (Å²) in [5.74, 6) is -2.01. The number of thioether (sulfide) groups is 1. The zero-order chi connectivity index (χ0) is 29.7. The van der Waals surface area contributed by atoms with Crippen LogP contribution in [0.25, 0.3) is 10.8 Å². The maximum atomic E-state index is 14.0. The van der Waals surface area contributed by atoms with Gasteiger partial charge in [-0.05, 0) is 41.8 Å². The molecule has 43 heavy (non-hydrogen) atoms. The SMILES string of the molecule is O=C(COc1ccccc1C1c2sc(=O)[nH]c2SC2C(=O)N(c3ccc(Br)cc3)C(=O)C21)Nc1cccc2ccccc12. The second kappa shape index (κ2) is 11.1. The number of benzene rings is 4. The molecule has 0 bridgehead atoms. The van der Waals surface area contributed by atoms with E-state index in [0.29, 0.717) is 32.6 Å². The van der Waals surface area contributed by atoms with Gasteiger partial charge in [0.1, 0.15) is 11.0 Å². The van der Waals surface area contributed by atoms with Crippen molar-refractivity contribution < 1.29 is 19.1 Å². The van der Waals surface area contributed by atoms with Crippen molar-refractivity contribution in [1.82, 2.24) is 4.98 Å². The fourth-order valence-corrected chi connectivity index (χ4v) is 8.50. The Morgan fingerprint density at radius 3 is 2.49 bits per heavy atom. The normalized spacial score (nSPS) is 19.3. The van der Waals surface area contributed by atoms with E-state index in [2.05, 4.69) is 26.2 Å². The number of nitrogens with one attached hydrogen (secondary N) is 2. The Kier molecular flexibility index (Phi) is 7.16. The molecule has 8 nitrogen and oxygen atoms in total. The number of aromatic nitrogens is 1. The molecule has 2 N–H and O–H groups in total. The standard InChI is InChI=1S/C32H22BrN3O5S2/c33-18-12-14-19(15-13-18)36-30(38)26-25(27-29(35-32(40)43-27)42-28(26)31(36)39)21-9-3-4-11-23(21)41-16-24(37)34-22-10-5-7-17-6-1-2-8-20(17)22/h1-15,25-26,28H,16H2,(H,34,37)(H,35,40). The molecule has 3 atom stereocenters. The Morgan fingerprint density at radius 1 is 0.907 bits per heavy atom. The van der Waals surface area contributed by atoms with Crippen LogP contribution in [0.1, 0.15) is 16.4 Å². The molecule has 0 radical (unpaired) electrons. The minimum Gasteiger partial charge on any atom is -0.483 e. The van der Waals surface area contributed by atoms with Crippen molar-refractivity contribution in [3.63, 3.8) is 0 Å². The van der Waals surface area contributed by atoms with Crippen LogP contribution >= 0.6 is 39.0 Å². The number of imide groups is 1. The number of nitrogens with zero attached hydrogens (tertiary/aromatic N) is 1. The van der Waals surface area contributed by atoms with Crippen molar-refractivity contribution >= 4 is 78.9 Å². The molecule has 2 aliphatic rings. The fourth-order valence-electron chi connectivity index (χ4n) is 5.73. The molecule has 1 aromatic heterocycles. The predicted octanol–water partition coefficient (Wildman–Crippen LogP) is 6.17. The lowest BCUT2D eigenvalue weighted by Gasteiger charge is -2.30. The first kappa shape index (κ1) is 27.6. The molecular formula is C32H22BrN3O5S2. The molecule has 3 amide bonds. The van der Waals surface area contributed by atoms with E-state index in [4.69, 9.17) is 4.74 Å². The van der Waals surface area contributed by atoms with Crippen LogP contribution in [0.15, 0.2) is 105 Å². The summed E-state index contributed by atoms with van der Waals surface area (Å²) in [5, 5.41) is 4.69. The third-order valence-corrected chi connectivity index (χ3v) is 10.5. The summed E-state index contributed by atoms with van der Waals surface area (Å²) in [4.78, 5) is 57.7. The molecule has 4 aromatic carbocycles. The van der Waals surface area contributed by atoms with E-state index in [9.17, 15) is 19.2 Å². The van der Waals surface area contributed by atoms with Crippen LogP contribution in [0.3, 0.4) is 0 Å². The third-order valence-electron chi connectivity index (χ3n) is 7.59. The van der Waals surface area contributed by atoms with Crippen LogP contribution in [0.2, 0.25) is 0 Å². The summed E-state index contributed by atoms with van der Waals surface area (Å²) in [6, 6.07) is 27.6. The molecule has 3 unspecified atom stereocenters. The third kappa shape index (κ3) is 4.97. The summed E-state index contributed by atoms with van der Waals surface area (Å²) in [5.41, 5.74) is 1.79. The zero-order valence-electron chi connectivity index (χ0n) is 22.3. The molecule has 1 fully saturated rings. The van der Waals surface area contributed by atoms with Gasteiger partial charge in [0.15, 0.2) is 6.61 Å². The quantitative estimate of drug-likeness (QED) is 0.209. The molecule has 7 rings (SSSR count). The van der Waals surface area contributed by atoms with E-state index in [1.807, 2.05) is 54.6 Å². The number of amides is 3. The number of para-hydroxylation sites is 1. The van der Waals surface area contributed by atoms with Gasteiger partial charge in [0, 0.05) is 31.9 Å². The minimum absolute atomic E-state index is 0.264. The Labute approximate surface area is 262 Å². The molecule has 214 valence electrons. The maximum Gasteiger partial charge on any atom is 0.305 e. The van der Waals surface area contributed by atoms with Gasteiger partial charge in [-0.25, -0.2) is 4.90 Å². The number of aromatic amines is 1. The Morgan fingerprint density at radius 2 is 1.65 bits per heavy atom. The lowest BCUT2D eigenvalue weighted by atomic mass is 9.82. The van der Waals surface area contributed by atoms with Gasteiger partial charge in [-0.1, -0.05) is 93.6 Å². The van der Waals surface area contributed by atoms with Crippen LogP contribution in [0, 0.1) is 5.92 Å². The van der Waals surface area contributed by atoms with Gasteiger partial charge in [0.25, 0.3) is 5.91 Å². The topological polar surface area (TPSA) is 109 Å². The molecular weight excluding hydrogens is 650 g/mol. The number of rotatable bonds is 6. The number of hydrogen-bond acceptors (Lipinski definition) is 7. The smallest absolute Gasteiger partial charge is 0.305 e. The monoisotopic (exact) mass is 671 g/mol. The number of H-pyrrole nitrogens is 1. The van der Waals surface area contributed by atoms with E-state index < -0.39 is 17.1 Å². The second-order valence-corrected chi connectivity index (χ2v) is 13.2. The van der Waals surface area contributed by atoms with Gasteiger partial charge in [-0.3, -0.25) is 19.2 Å². The van der Waals surface area contributed by atoms with Crippen LogP contribution in [-0.4, -0.2) is 34.6 Å². The summed E-state index contributed by atoms with van der Waals surface area (Å²) in [7, 11) is 0. The summed E-state index contributed by atoms with van der Waals surface area (Å²) in [6.07, 6.45) is 0. The number of hydrogen-bond donors (Lipinski definition) is 2. The number of carbonyl (C=O) groups excluding carboxylic acids is 3. The molecule has 11 heteroatoms. The fraction of sp³-hybridized carbons (Fsp3) is 0.125. The van der Waals surface area contributed by atoms with Crippen molar-refractivity contribution in [1.29, 1.82) is 0 Å². The number of thiazole rings is 1. The van der Waals surface area contributed by atoms with Gasteiger partial charge >= 0.3 is 4.87 Å². The first-order valence-corrected chi connectivity index (χ1v) is 15.9. The molecule has 0 saturated carbocycles. The van der Waals surface area contributed by atoms with Crippen LogP contribution in [-0.2, 0) is 14.4 Å². The summed E-state index contributed by atoms with van der Waals surface area (Å²) >= 11 is 5.64. The maximum absolute atomic E-state index is 14.0. The van der Waals surface area contributed by atoms with Gasteiger partial charge in [0.2, 0.25) is 11.8 Å². The van der Waals surface area contributed by atoms with Crippen molar-refractivity contribution in [2.75, 3.05) is 16.8 Å². The van der Waals surface area contributed by atoms with Gasteiger partial charge in [-0.2, -0.15) is 0 Å². The highest BCUT2D eigenvalue weighted by atomic mass is 79.9. The predicted molar refractivity (Wildman–Crippen MR) is 171 cm³/mol. The second-order valence-electron chi connectivity index (χ2n) is 10.1. The first-order valence-electron chi connectivity index (χ1n) is 13.4. The van der Waals surface area contributed by atoms with E-state index in [0.717, 1.165) is 26.6 Å². The molecule has 0 aliphatic carbocycles. The molecule has 3 heterocycles. The highest BCUT2D eigenvalue weighted by molar-refractivity contribution is 9.10. The highest BCUT2D eigenvalue weighted by Gasteiger charge is 2.56. The number of anilines is 2. The lowest BCUT2D eigenvalue weighted by molar-refractivity contribution is -0.122. The first-order chi connectivity index (χ1) is 20.9. The lowest BCUT2D eigenvalue weighted by Crippen LogP contribution is -2.32. The number of halogens is 1. The summed E-state index contributed by atoms with van der Waals surface area (Å²) < 4.78 is 6.90. The average molecular weight is 673 g/mol. The number of carbonyl (C=O) groups is 3. The van der Waals surface area contributed by atoms with Crippen LogP contribution in [0.5, 0.6) is 5.75 Å². The zero-order valence-corrected chi connectivity index (χ0v) is 25.5. The number of fused-ring (bicyclic) bond motifs is 3. The Hall–Kier alpha value is -4.19. The van der Waals surface area contributed by atoms with E-state index in [-0.39, 0.29) is 29.2 Å². The van der Waals surface area contributed by atoms with E-state index >= 15 is 0 Å². The van der Waals surface area contributed by atoms with Crippen molar-refractivity contribution in [3.8, 4) is 5.75 Å². The van der Waals surface area contributed by atoms with Gasteiger partial charge in [-0.15, -0.1) is 0 Å². The van der Waals surface area contributed by atoms with Gasteiger partial charge in [0.05, 0.1) is 16.6 Å². The minimum atomic E-state index is -0.769. The average Bonchev–Trinajstić information content (AvgIpc) is 3.51. The molecule has 0 spiro atoms. The number of ether oxygens (including phenoxy) is 1. The molecule has 5 aromatic rings. The van der Waals surface area contributed by atoms with E-state index in [1.165, 1.54) is 16.7 Å². The largest absolute Gasteiger partial charge is 0.483 e. The van der Waals surface area contributed by atoms with Crippen LogP contribution in [0.4, 0.5) is 11.4 Å². The summed E-state index contributed by atoms with van der Waals surface area (Å²) in [6.45, 7) is -0.274. The van der Waals surface area contributed by atoms with Crippen molar-refractivity contribution in [2.45, 2.75) is 16.2 Å². The van der Waals surface area contributed by atoms with Crippen LogP contribution < -0.4 is 19.8 Å². The highest BCUT2D eigenvalue weighted by Crippen LogP contribution is 2.54. The van der Waals surface area contributed by atoms with Crippen molar-refractivity contribution in [3.05, 3.63) is 116 Å². The Bertz CT molecular complexity index is 1970. The Balaban J connectivity index is 1.21. The van der Waals surface area contributed by atoms with E-state index in [1.54, 1.807) is 36.4 Å². The van der Waals surface area contributed by atoms with Gasteiger partial charge < -0.3 is 15.0 Å². The molecule has 1 saturated heterocycles.